The topological polar surface area (TPSA) is 122 Å². The standard InChI is InChI=1S/C16H16N2O5/c1-9(12-6-7-13(19)15(21)14(12)20)17-8-18-11-4-2-10(3-5-11)16(22)23/h2-7,18-21H,8H2,1H3,(H,22,23)/b17-9-. The Hall–Kier alpha value is -3.22. The van der Waals surface area contributed by atoms with E-state index in [0.717, 1.165) is 0 Å². The SMILES string of the molecule is C/C(=N/CNc1ccc(C(=O)O)cc1)c1ccc(O)c(O)c1O. The lowest BCUT2D eigenvalue weighted by atomic mass is 10.1. The fourth-order valence-corrected chi connectivity index (χ4v) is 1.93. The highest BCUT2D eigenvalue weighted by Gasteiger charge is 2.12. The lowest BCUT2D eigenvalue weighted by Gasteiger charge is -2.08. The highest BCUT2D eigenvalue weighted by atomic mass is 16.4. The number of hydrogen-bond acceptors (Lipinski definition) is 6. The monoisotopic (exact) mass is 316 g/mol. The van der Waals surface area contributed by atoms with Crippen LogP contribution >= 0.6 is 0 Å². The summed E-state index contributed by atoms with van der Waals surface area (Å²) < 4.78 is 0. The Bertz CT molecular complexity index is 754. The Morgan fingerprint density at radius 2 is 1.70 bits per heavy atom. The number of rotatable bonds is 5. The van der Waals surface area contributed by atoms with Crippen molar-refractivity contribution in [2.75, 3.05) is 12.0 Å². The number of hydrogen-bond donors (Lipinski definition) is 5. The Kier molecular flexibility index (Phi) is 4.70. The van der Waals surface area contributed by atoms with Crippen LogP contribution in [0.3, 0.4) is 0 Å². The van der Waals surface area contributed by atoms with Crippen molar-refractivity contribution in [1.82, 2.24) is 0 Å². The minimum Gasteiger partial charge on any atom is -0.504 e. The van der Waals surface area contributed by atoms with Crippen LogP contribution in [0.1, 0.15) is 22.8 Å². The van der Waals surface area contributed by atoms with Gasteiger partial charge in [0, 0.05) is 17.0 Å². The molecule has 7 nitrogen and oxygen atoms in total. The number of phenols is 3. The summed E-state index contributed by atoms with van der Waals surface area (Å²) in [5.41, 5.74) is 1.67. The fourth-order valence-electron chi connectivity index (χ4n) is 1.93. The van der Waals surface area contributed by atoms with Gasteiger partial charge in [-0.15, -0.1) is 0 Å². The van der Waals surface area contributed by atoms with Crippen LogP contribution in [0.15, 0.2) is 41.4 Å². The van der Waals surface area contributed by atoms with Crippen molar-refractivity contribution in [3.63, 3.8) is 0 Å². The molecule has 0 amide bonds. The van der Waals surface area contributed by atoms with Crippen LogP contribution in [0, 0.1) is 0 Å². The third kappa shape index (κ3) is 3.70. The van der Waals surface area contributed by atoms with Crippen molar-refractivity contribution >= 4 is 17.4 Å². The minimum atomic E-state index is -0.993. The van der Waals surface area contributed by atoms with Crippen LogP contribution in [0.5, 0.6) is 17.2 Å². The van der Waals surface area contributed by atoms with Crippen molar-refractivity contribution in [2.45, 2.75) is 6.92 Å². The molecule has 0 aromatic heterocycles. The van der Waals surface area contributed by atoms with E-state index in [4.69, 9.17) is 5.11 Å². The zero-order chi connectivity index (χ0) is 17.0. The molecule has 2 aromatic rings. The second-order valence-electron chi connectivity index (χ2n) is 4.79. The van der Waals surface area contributed by atoms with E-state index in [1.807, 2.05) is 0 Å². The smallest absolute Gasteiger partial charge is 0.335 e. The van der Waals surface area contributed by atoms with Gasteiger partial charge in [-0.25, -0.2) is 4.79 Å². The number of carboxylic acids is 1. The van der Waals surface area contributed by atoms with E-state index in [2.05, 4.69) is 10.3 Å². The van der Waals surface area contributed by atoms with Crippen molar-refractivity contribution in [3.8, 4) is 17.2 Å². The number of phenolic OH excluding ortho intramolecular Hbond substituents is 3. The highest BCUT2D eigenvalue weighted by molar-refractivity contribution is 6.02. The third-order valence-electron chi connectivity index (χ3n) is 3.25. The van der Waals surface area contributed by atoms with Gasteiger partial charge in [-0.3, -0.25) is 4.99 Å². The summed E-state index contributed by atoms with van der Waals surface area (Å²) in [6.45, 7) is 1.85. The van der Waals surface area contributed by atoms with Crippen molar-refractivity contribution in [3.05, 3.63) is 47.5 Å². The normalized spacial score (nSPS) is 11.3. The molecule has 0 fully saturated rings. The zero-order valence-electron chi connectivity index (χ0n) is 12.3. The van der Waals surface area contributed by atoms with E-state index in [-0.39, 0.29) is 12.2 Å². The molecular formula is C16H16N2O5. The summed E-state index contributed by atoms with van der Waals surface area (Å²) in [5, 5.41) is 40.4. The van der Waals surface area contributed by atoms with Gasteiger partial charge in [-0.05, 0) is 43.3 Å². The minimum absolute atomic E-state index is 0.194. The second-order valence-corrected chi connectivity index (χ2v) is 4.79. The molecule has 0 spiro atoms. The second kappa shape index (κ2) is 6.69. The average molecular weight is 316 g/mol. The summed E-state index contributed by atoms with van der Waals surface area (Å²) in [5.74, 6) is -2.42. The number of aromatic carboxylic acids is 1. The van der Waals surface area contributed by atoms with Gasteiger partial charge in [0.25, 0.3) is 0 Å². The number of carbonyl (C=O) groups is 1. The fraction of sp³-hybridized carbons (Fsp3) is 0.125. The van der Waals surface area contributed by atoms with Crippen molar-refractivity contribution in [1.29, 1.82) is 0 Å². The van der Waals surface area contributed by atoms with E-state index in [9.17, 15) is 20.1 Å². The van der Waals surface area contributed by atoms with Gasteiger partial charge in [0.1, 0.15) is 6.67 Å². The van der Waals surface area contributed by atoms with Gasteiger partial charge < -0.3 is 25.7 Å². The molecular weight excluding hydrogens is 300 g/mol. The van der Waals surface area contributed by atoms with E-state index in [0.29, 0.717) is 17.0 Å². The lowest BCUT2D eigenvalue weighted by Crippen LogP contribution is -2.04. The summed E-state index contributed by atoms with van der Waals surface area (Å²) in [7, 11) is 0. The van der Waals surface area contributed by atoms with Crippen LogP contribution in [0.2, 0.25) is 0 Å². The van der Waals surface area contributed by atoms with Gasteiger partial charge in [0.05, 0.1) is 5.56 Å². The van der Waals surface area contributed by atoms with Gasteiger partial charge in [0.15, 0.2) is 11.5 Å². The molecule has 7 heteroatoms. The van der Waals surface area contributed by atoms with Crippen LogP contribution in [0.4, 0.5) is 5.69 Å². The maximum atomic E-state index is 10.8. The molecule has 0 radical (unpaired) electrons. The van der Waals surface area contributed by atoms with Gasteiger partial charge in [-0.1, -0.05) is 0 Å². The number of carboxylic acid groups (broad SMARTS) is 1. The molecule has 0 bridgehead atoms. The molecule has 0 aliphatic carbocycles. The van der Waals surface area contributed by atoms with E-state index in [1.165, 1.54) is 24.3 Å². The maximum Gasteiger partial charge on any atom is 0.335 e. The first-order chi connectivity index (χ1) is 10.9. The molecule has 120 valence electrons. The molecule has 23 heavy (non-hydrogen) atoms. The molecule has 0 unspecified atom stereocenters. The first-order valence-corrected chi connectivity index (χ1v) is 6.72. The van der Waals surface area contributed by atoms with Gasteiger partial charge >= 0.3 is 5.97 Å². The number of anilines is 1. The molecule has 0 aliphatic heterocycles. The molecule has 0 saturated heterocycles. The molecule has 2 aromatic carbocycles. The van der Waals surface area contributed by atoms with Gasteiger partial charge in [0.2, 0.25) is 5.75 Å². The summed E-state index contributed by atoms with van der Waals surface area (Å²) in [4.78, 5) is 15.0. The molecule has 2 rings (SSSR count). The number of nitrogens with zero attached hydrogens (tertiary/aromatic N) is 1. The van der Waals surface area contributed by atoms with E-state index < -0.39 is 23.2 Å². The van der Waals surface area contributed by atoms with Crippen LogP contribution < -0.4 is 5.32 Å². The Labute approximate surface area is 132 Å². The van der Waals surface area contributed by atoms with Crippen molar-refractivity contribution < 1.29 is 25.2 Å². The van der Waals surface area contributed by atoms with Crippen LogP contribution in [-0.4, -0.2) is 38.8 Å². The molecule has 5 N–H and O–H groups in total. The first kappa shape index (κ1) is 16.2. The zero-order valence-corrected chi connectivity index (χ0v) is 12.3. The molecule has 0 heterocycles. The first-order valence-electron chi connectivity index (χ1n) is 6.72. The third-order valence-corrected chi connectivity index (χ3v) is 3.25. The molecule has 0 atom stereocenters. The predicted molar refractivity (Wildman–Crippen MR) is 85.5 cm³/mol. The summed E-state index contributed by atoms with van der Waals surface area (Å²) in [6.07, 6.45) is 0. The highest BCUT2D eigenvalue weighted by Crippen LogP contribution is 2.37. The number of aromatic hydroxyl groups is 3. The van der Waals surface area contributed by atoms with Crippen LogP contribution in [0.25, 0.3) is 0 Å². The van der Waals surface area contributed by atoms with Gasteiger partial charge in [-0.2, -0.15) is 0 Å². The number of benzene rings is 2. The van der Waals surface area contributed by atoms with E-state index in [1.54, 1.807) is 19.1 Å². The average Bonchev–Trinajstić information content (AvgIpc) is 2.53. The quantitative estimate of drug-likeness (QED) is 0.426. The predicted octanol–water partition coefficient (Wildman–Crippen LogP) is 2.38. The maximum absolute atomic E-state index is 10.8. The Balaban J connectivity index is 2.05. The Morgan fingerprint density at radius 3 is 2.30 bits per heavy atom. The summed E-state index contributed by atoms with van der Waals surface area (Å²) in [6, 6.07) is 8.92. The van der Waals surface area contributed by atoms with Crippen molar-refractivity contribution in [2.24, 2.45) is 4.99 Å². The lowest BCUT2D eigenvalue weighted by molar-refractivity contribution is 0.0697. The Morgan fingerprint density at radius 1 is 1.04 bits per heavy atom. The largest absolute Gasteiger partial charge is 0.504 e. The number of nitrogens with one attached hydrogen (secondary N) is 1. The molecule has 0 aliphatic rings. The van der Waals surface area contributed by atoms with Crippen LogP contribution in [-0.2, 0) is 0 Å². The van der Waals surface area contributed by atoms with E-state index >= 15 is 0 Å². The summed E-state index contributed by atoms with van der Waals surface area (Å²) >= 11 is 0. The number of aliphatic imine (C=N–C) groups is 1. The molecule has 0 saturated carbocycles.